The van der Waals surface area contributed by atoms with Crippen LogP contribution in [0.15, 0.2) is 40.5 Å². The maximum absolute atomic E-state index is 8.05. The summed E-state index contributed by atoms with van der Waals surface area (Å²) in [5.74, 6) is 1.19. The number of aromatic nitrogens is 2. The molecule has 1 aromatic heterocycles. The van der Waals surface area contributed by atoms with Crippen LogP contribution in [-0.4, -0.2) is 15.9 Å². The molecule has 116 valence electrons. The molecule has 2 rings (SSSR count). The van der Waals surface area contributed by atoms with Crippen molar-refractivity contribution in [1.82, 2.24) is 10.1 Å². The summed E-state index contributed by atoms with van der Waals surface area (Å²) in [6.45, 7) is 3.77. The first-order valence-electron chi connectivity index (χ1n) is 6.76. The Bertz CT molecular complexity index is 675. The Morgan fingerprint density at radius 1 is 1.41 bits per heavy atom. The number of rotatable bonds is 6. The molecule has 0 bridgehead atoms. The highest BCUT2D eigenvalue weighted by molar-refractivity contribution is 6.30. The molecule has 0 amide bonds. The zero-order valence-corrected chi connectivity index (χ0v) is 13.1. The second kappa shape index (κ2) is 7.09. The van der Waals surface area contributed by atoms with E-state index >= 15 is 0 Å². The first-order valence-corrected chi connectivity index (χ1v) is 7.14. The fourth-order valence-corrected chi connectivity index (χ4v) is 2.16. The molecule has 2 aromatic rings. The van der Waals surface area contributed by atoms with E-state index in [1.807, 2.05) is 26.0 Å². The summed E-state index contributed by atoms with van der Waals surface area (Å²) in [5.41, 5.74) is 7.66. The number of nitrogens with two attached hydrogens (primary N) is 1. The molecule has 0 fully saturated rings. The summed E-state index contributed by atoms with van der Waals surface area (Å²) >= 11 is 6.03. The Morgan fingerprint density at radius 3 is 2.77 bits per heavy atom. The first-order chi connectivity index (χ1) is 10.5. The van der Waals surface area contributed by atoms with Gasteiger partial charge in [0.05, 0.1) is 17.8 Å². The number of hydrogen-bond donors (Lipinski definition) is 2. The number of nitrogens with one attached hydrogen (secondary N) is 1. The first kappa shape index (κ1) is 16.0. The Balaban J connectivity index is 2.31. The average Bonchev–Trinajstić information content (AvgIpc) is 2.95. The third-order valence-electron chi connectivity index (χ3n) is 2.90. The molecule has 0 saturated heterocycles. The van der Waals surface area contributed by atoms with Gasteiger partial charge in [0, 0.05) is 5.02 Å². The Kier molecular flexibility index (Phi) is 5.16. The standard InChI is InChI=1S/C15H17ClN4O2/c1-3-12(17)15(13(18)7-14-19-8-20-22-14)21-11-5-9(2)4-10(16)6-11/h4-6,8,17H,3,7,18H2,1-2H3/b15-13+,17-12?. The van der Waals surface area contributed by atoms with Gasteiger partial charge in [-0.2, -0.15) is 4.98 Å². The van der Waals surface area contributed by atoms with E-state index in [-0.39, 0.29) is 12.1 Å². The van der Waals surface area contributed by atoms with Crippen LogP contribution in [0.4, 0.5) is 0 Å². The topological polar surface area (TPSA) is 98.0 Å². The number of allylic oxidation sites excluding steroid dienone is 2. The van der Waals surface area contributed by atoms with Crippen LogP contribution in [0.1, 0.15) is 24.8 Å². The Labute approximate surface area is 133 Å². The van der Waals surface area contributed by atoms with Gasteiger partial charge in [0.1, 0.15) is 5.75 Å². The normalized spacial score (nSPS) is 12.0. The van der Waals surface area contributed by atoms with Gasteiger partial charge < -0.3 is 20.4 Å². The van der Waals surface area contributed by atoms with E-state index in [0.29, 0.717) is 34.5 Å². The van der Waals surface area contributed by atoms with Crippen molar-refractivity contribution in [2.75, 3.05) is 0 Å². The molecule has 6 nitrogen and oxygen atoms in total. The molecule has 1 aromatic carbocycles. The van der Waals surface area contributed by atoms with Crippen molar-refractivity contribution in [3.63, 3.8) is 0 Å². The third-order valence-corrected chi connectivity index (χ3v) is 3.12. The lowest BCUT2D eigenvalue weighted by Crippen LogP contribution is -2.17. The van der Waals surface area contributed by atoms with Crippen LogP contribution in [0.3, 0.4) is 0 Å². The van der Waals surface area contributed by atoms with Gasteiger partial charge in [0.15, 0.2) is 12.1 Å². The SMILES string of the molecule is CCC(=N)/C(Oc1cc(C)cc(Cl)c1)=C(\N)Cc1ncno1. The fourth-order valence-electron chi connectivity index (χ4n) is 1.88. The van der Waals surface area contributed by atoms with Crippen molar-refractivity contribution in [3.8, 4) is 5.75 Å². The molecule has 0 aliphatic rings. The molecule has 7 heteroatoms. The lowest BCUT2D eigenvalue weighted by atomic mass is 10.1. The van der Waals surface area contributed by atoms with Gasteiger partial charge in [-0.05, 0) is 37.1 Å². The number of halogens is 1. The van der Waals surface area contributed by atoms with Gasteiger partial charge in [0.25, 0.3) is 0 Å². The van der Waals surface area contributed by atoms with E-state index < -0.39 is 0 Å². The fraction of sp³-hybridized carbons (Fsp3) is 0.267. The number of aryl methyl sites for hydroxylation is 1. The monoisotopic (exact) mass is 320 g/mol. The van der Waals surface area contributed by atoms with Gasteiger partial charge in [-0.1, -0.05) is 23.7 Å². The minimum Gasteiger partial charge on any atom is -0.454 e. The summed E-state index contributed by atoms with van der Waals surface area (Å²) in [6.07, 6.45) is 2.01. The highest BCUT2D eigenvalue weighted by atomic mass is 35.5. The van der Waals surface area contributed by atoms with Crippen LogP contribution in [-0.2, 0) is 6.42 Å². The van der Waals surface area contributed by atoms with Crippen molar-refractivity contribution in [3.05, 3.63) is 52.5 Å². The second-order valence-corrected chi connectivity index (χ2v) is 5.20. The van der Waals surface area contributed by atoms with Gasteiger partial charge >= 0.3 is 0 Å². The zero-order valence-electron chi connectivity index (χ0n) is 12.4. The van der Waals surface area contributed by atoms with Crippen molar-refractivity contribution in [2.24, 2.45) is 5.73 Å². The van der Waals surface area contributed by atoms with Gasteiger partial charge in [-0.3, -0.25) is 0 Å². The van der Waals surface area contributed by atoms with Crippen molar-refractivity contribution in [2.45, 2.75) is 26.7 Å². The van der Waals surface area contributed by atoms with Crippen LogP contribution < -0.4 is 10.5 Å². The van der Waals surface area contributed by atoms with Gasteiger partial charge in [0.2, 0.25) is 5.89 Å². The molecule has 0 saturated carbocycles. The van der Waals surface area contributed by atoms with Crippen molar-refractivity contribution in [1.29, 1.82) is 5.41 Å². The molecule has 3 N–H and O–H groups in total. The predicted octanol–water partition coefficient (Wildman–Crippen LogP) is 3.25. The van der Waals surface area contributed by atoms with Crippen LogP contribution in [0, 0.1) is 12.3 Å². The largest absolute Gasteiger partial charge is 0.454 e. The van der Waals surface area contributed by atoms with Crippen LogP contribution >= 0.6 is 11.6 Å². The average molecular weight is 321 g/mol. The Morgan fingerprint density at radius 2 is 2.18 bits per heavy atom. The van der Waals surface area contributed by atoms with Gasteiger partial charge in [-0.25, -0.2) is 0 Å². The summed E-state index contributed by atoms with van der Waals surface area (Å²) in [7, 11) is 0. The van der Waals surface area contributed by atoms with Crippen LogP contribution in [0.2, 0.25) is 5.02 Å². The smallest absolute Gasteiger partial charge is 0.232 e. The number of benzene rings is 1. The lowest BCUT2D eigenvalue weighted by molar-refractivity contribution is 0.379. The Hall–Kier alpha value is -2.34. The minimum atomic E-state index is 0.220. The summed E-state index contributed by atoms with van der Waals surface area (Å²) in [5, 5.41) is 12.1. The van der Waals surface area contributed by atoms with Crippen LogP contribution in [0.5, 0.6) is 5.75 Å². The molecule has 0 atom stereocenters. The van der Waals surface area contributed by atoms with E-state index in [1.165, 1.54) is 6.33 Å². The van der Waals surface area contributed by atoms with E-state index in [1.54, 1.807) is 6.07 Å². The number of ether oxygens (including phenoxy) is 1. The molecular formula is C15H17ClN4O2. The molecule has 22 heavy (non-hydrogen) atoms. The van der Waals surface area contributed by atoms with Crippen LogP contribution in [0.25, 0.3) is 0 Å². The highest BCUT2D eigenvalue weighted by Crippen LogP contribution is 2.23. The van der Waals surface area contributed by atoms with E-state index in [0.717, 1.165) is 5.56 Å². The van der Waals surface area contributed by atoms with E-state index in [2.05, 4.69) is 10.1 Å². The third kappa shape index (κ3) is 4.08. The van der Waals surface area contributed by atoms with Crippen molar-refractivity contribution >= 4 is 17.3 Å². The molecule has 0 unspecified atom stereocenters. The lowest BCUT2D eigenvalue weighted by Gasteiger charge is -2.14. The maximum atomic E-state index is 8.05. The van der Waals surface area contributed by atoms with Gasteiger partial charge in [-0.15, -0.1) is 0 Å². The minimum absolute atomic E-state index is 0.220. The zero-order chi connectivity index (χ0) is 16.1. The van der Waals surface area contributed by atoms with E-state index in [4.69, 9.17) is 32.0 Å². The maximum Gasteiger partial charge on any atom is 0.232 e. The molecule has 0 spiro atoms. The quantitative estimate of drug-likeness (QED) is 0.629. The summed E-state index contributed by atoms with van der Waals surface area (Å²) in [6, 6.07) is 5.33. The summed E-state index contributed by atoms with van der Waals surface area (Å²) < 4.78 is 10.7. The summed E-state index contributed by atoms with van der Waals surface area (Å²) in [4.78, 5) is 3.92. The predicted molar refractivity (Wildman–Crippen MR) is 84.1 cm³/mol. The second-order valence-electron chi connectivity index (χ2n) is 4.76. The molecule has 0 aliphatic carbocycles. The molecule has 0 aliphatic heterocycles. The molecule has 1 heterocycles. The number of nitrogens with zero attached hydrogens (tertiary/aromatic N) is 2. The molecule has 0 radical (unpaired) electrons. The number of hydrogen-bond acceptors (Lipinski definition) is 6. The highest BCUT2D eigenvalue weighted by Gasteiger charge is 2.15. The van der Waals surface area contributed by atoms with E-state index in [9.17, 15) is 0 Å². The molecular weight excluding hydrogens is 304 g/mol. The van der Waals surface area contributed by atoms with Crippen molar-refractivity contribution < 1.29 is 9.26 Å².